The Labute approximate surface area is 277 Å². The molecule has 0 aromatic carbocycles. The van der Waals surface area contributed by atoms with Crippen LogP contribution in [-0.2, 0) is 29.5 Å². The topological polar surface area (TPSA) is 185 Å². The van der Waals surface area contributed by atoms with Gasteiger partial charge in [-0.25, -0.2) is 14.3 Å². The standard InChI is InChI=1S/C33H54N6O8/c1-31(2,3)47-30(44)35-23(17-21-13-9-7-10-14-21)28(42)38-20-22(39-25(19-34-37-39)32(4,5)45)18-24(38)27(41)36-33(15-11-8-12-16-33)26(40)29(43)46-6/h19,21-24,26,40,45H,7-18,20H2,1-6H3,(H,35,44)(H,36,41)/t22-,23?,24-,26?/m0/s1. The van der Waals surface area contributed by atoms with E-state index in [0.29, 0.717) is 37.8 Å². The molecular weight excluding hydrogens is 608 g/mol. The molecule has 4 N–H and O–H groups in total. The van der Waals surface area contributed by atoms with E-state index in [1.165, 1.54) is 18.2 Å². The van der Waals surface area contributed by atoms with Crippen molar-refractivity contribution < 1.29 is 38.9 Å². The number of carbonyl (C=O) groups is 4. The van der Waals surface area contributed by atoms with Crippen molar-refractivity contribution in [1.29, 1.82) is 0 Å². The number of hydrogen-bond acceptors (Lipinski definition) is 10. The second-order valence-corrected chi connectivity index (χ2v) is 15.1. The van der Waals surface area contributed by atoms with Gasteiger partial charge in [0, 0.05) is 13.0 Å². The van der Waals surface area contributed by atoms with E-state index in [9.17, 15) is 29.4 Å². The highest BCUT2D eigenvalue weighted by Gasteiger charge is 2.50. The number of aliphatic hydroxyl groups is 2. The van der Waals surface area contributed by atoms with Crippen LogP contribution >= 0.6 is 0 Å². The molecule has 4 rings (SSSR count). The number of likely N-dealkylation sites (tertiary alicyclic amines) is 1. The number of nitrogens with zero attached hydrogens (tertiary/aromatic N) is 4. The second kappa shape index (κ2) is 14.9. The molecule has 0 radical (unpaired) electrons. The maximum absolute atomic E-state index is 14.6. The minimum Gasteiger partial charge on any atom is -0.467 e. The zero-order chi connectivity index (χ0) is 34.6. The molecule has 0 spiro atoms. The largest absolute Gasteiger partial charge is 0.467 e. The molecule has 2 aliphatic carbocycles. The van der Waals surface area contributed by atoms with Crippen LogP contribution < -0.4 is 10.6 Å². The van der Waals surface area contributed by atoms with Crippen LogP contribution in [0.25, 0.3) is 0 Å². The number of carbonyl (C=O) groups excluding carboxylic acids is 4. The van der Waals surface area contributed by atoms with E-state index in [-0.39, 0.29) is 18.9 Å². The average molecular weight is 663 g/mol. The summed E-state index contributed by atoms with van der Waals surface area (Å²) in [7, 11) is 1.19. The van der Waals surface area contributed by atoms with Gasteiger partial charge in [-0.05, 0) is 59.8 Å². The summed E-state index contributed by atoms with van der Waals surface area (Å²) < 4.78 is 11.9. The third-order valence-corrected chi connectivity index (χ3v) is 9.76. The SMILES string of the molecule is COC(=O)C(O)C1(NC(=O)[C@@H]2C[C@H](n3nncc3C(C)(C)O)CN2C(=O)C(CC2CCCCC2)NC(=O)OC(C)(C)C)CCCCC1. The van der Waals surface area contributed by atoms with Gasteiger partial charge in [-0.15, -0.1) is 5.10 Å². The first-order valence-corrected chi connectivity index (χ1v) is 17.1. The van der Waals surface area contributed by atoms with E-state index in [1.54, 1.807) is 39.3 Å². The molecule has 2 heterocycles. The monoisotopic (exact) mass is 662 g/mol. The van der Waals surface area contributed by atoms with E-state index >= 15 is 0 Å². The van der Waals surface area contributed by atoms with E-state index in [2.05, 4.69) is 20.9 Å². The van der Waals surface area contributed by atoms with Crippen LogP contribution in [0.15, 0.2) is 6.20 Å². The number of ether oxygens (including phenoxy) is 2. The number of esters is 1. The zero-order valence-corrected chi connectivity index (χ0v) is 28.8. The van der Waals surface area contributed by atoms with Crippen molar-refractivity contribution >= 4 is 23.9 Å². The van der Waals surface area contributed by atoms with Gasteiger partial charge >= 0.3 is 12.1 Å². The highest BCUT2D eigenvalue weighted by atomic mass is 16.6. The first-order chi connectivity index (χ1) is 22.0. The minimum atomic E-state index is -1.58. The van der Waals surface area contributed by atoms with Crippen molar-refractivity contribution in [2.45, 2.75) is 153 Å². The number of alkyl carbamates (subject to hydrolysis) is 1. The number of methoxy groups -OCH3 is 1. The Hall–Kier alpha value is -3.26. The van der Waals surface area contributed by atoms with E-state index in [4.69, 9.17) is 9.47 Å². The summed E-state index contributed by atoms with van der Waals surface area (Å²) in [6.45, 7) is 8.52. The molecule has 1 aromatic rings. The second-order valence-electron chi connectivity index (χ2n) is 15.1. The first kappa shape index (κ1) is 36.6. The van der Waals surface area contributed by atoms with Crippen LogP contribution in [-0.4, -0.2) is 97.0 Å². The number of amides is 3. The quantitative estimate of drug-likeness (QED) is 0.272. The maximum Gasteiger partial charge on any atom is 0.408 e. The highest BCUT2D eigenvalue weighted by Crippen LogP contribution is 2.36. The summed E-state index contributed by atoms with van der Waals surface area (Å²) in [4.78, 5) is 55.9. The summed E-state index contributed by atoms with van der Waals surface area (Å²) >= 11 is 0. The molecule has 2 unspecified atom stereocenters. The molecule has 4 atom stereocenters. The predicted molar refractivity (Wildman–Crippen MR) is 171 cm³/mol. The molecule has 1 saturated heterocycles. The van der Waals surface area contributed by atoms with Crippen LogP contribution in [0.4, 0.5) is 4.79 Å². The Morgan fingerprint density at radius 2 is 1.68 bits per heavy atom. The van der Waals surface area contributed by atoms with Crippen LogP contribution in [0.3, 0.4) is 0 Å². The minimum absolute atomic E-state index is 0.0626. The predicted octanol–water partition coefficient (Wildman–Crippen LogP) is 2.86. The molecule has 1 aliphatic heterocycles. The van der Waals surface area contributed by atoms with Crippen molar-refractivity contribution in [3.05, 3.63) is 11.9 Å². The molecule has 0 bridgehead atoms. The number of aromatic nitrogens is 3. The fourth-order valence-electron chi connectivity index (χ4n) is 7.38. The zero-order valence-electron chi connectivity index (χ0n) is 28.8. The molecule has 264 valence electrons. The first-order valence-electron chi connectivity index (χ1n) is 17.1. The molecule has 14 nitrogen and oxygen atoms in total. The number of rotatable bonds is 10. The lowest BCUT2D eigenvalue weighted by Crippen LogP contribution is -2.63. The fraction of sp³-hybridized carbons (Fsp3) is 0.818. The van der Waals surface area contributed by atoms with Gasteiger partial charge in [0.25, 0.3) is 0 Å². The lowest BCUT2D eigenvalue weighted by Gasteiger charge is -2.41. The molecular formula is C33H54N6O8. The smallest absolute Gasteiger partial charge is 0.408 e. The molecule has 3 fully saturated rings. The number of hydrogen-bond donors (Lipinski definition) is 4. The van der Waals surface area contributed by atoms with Gasteiger partial charge in [0.05, 0.1) is 30.6 Å². The molecule has 47 heavy (non-hydrogen) atoms. The average Bonchev–Trinajstić information content (AvgIpc) is 3.68. The summed E-state index contributed by atoms with van der Waals surface area (Å²) in [6, 6.07) is -2.50. The lowest BCUT2D eigenvalue weighted by atomic mass is 9.77. The van der Waals surface area contributed by atoms with Gasteiger partial charge in [0.2, 0.25) is 11.8 Å². The number of nitrogens with one attached hydrogen (secondary N) is 2. The van der Waals surface area contributed by atoms with E-state index in [1.807, 2.05) is 0 Å². The van der Waals surface area contributed by atoms with E-state index < -0.39 is 64.8 Å². The van der Waals surface area contributed by atoms with Crippen molar-refractivity contribution in [1.82, 2.24) is 30.5 Å². The van der Waals surface area contributed by atoms with Crippen molar-refractivity contribution in [2.24, 2.45) is 5.92 Å². The fourth-order valence-corrected chi connectivity index (χ4v) is 7.38. The number of aliphatic hydroxyl groups excluding tert-OH is 1. The maximum atomic E-state index is 14.6. The van der Waals surface area contributed by atoms with E-state index in [0.717, 1.165) is 38.5 Å². The summed E-state index contributed by atoms with van der Waals surface area (Å²) in [5, 5.41) is 35.9. The molecule has 14 heteroatoms. The van der Waals surface area contributed by atoms with Gasteiger partial charge < -0.3 is 35.2 Å². The Bertz CT molecular complexity index is 1260. The van der Waals surface area contributed by atoms with Gasteiger partial charge in [-0.2, -0.15) is 0 Å². The Morgan fingerprint density at radius 1 is 1.04 bits per heavy atom. The Balaban J connectivity index is 1.68. The molecule has 3 amide bonds. The van der Waals surface area contributed by atoms with Crippen LogP contribution in [0.2, 0.25) is 0 Å². The lowest BCUT2D eigenvalue weighted by molar-refractivity contribution is -0.158. The molecule has 3 aliphatic rings. The third-order valence-electron chi connectivity index (χ3n) is 9.76. The summed E-state index contributed by atoms with van der Waals surface area (Å²) in [5.74, 6) is -1.57. The van der Waals surface area contributed by atoms with Crippen LogP contribution in [0.1, 0.15) is 123 Å². The Kier molecular flexibility index (Phi) is 11.6. The third kappa shape index (κ3) is 9.01. The summed E-state index contributed by atoms with van der Waals surface area (Å²) in [5.41, 5.74) is -2.90. The van der Waals surface area contributed by atoms with Gasteiger partial charge in [-0.3, -0.25) is 9.59 Å². The summed E-state index contributed by atoms with van der Waals surface area (Å²) in [6.07, 6.45) is 7.83. The van der Waals surface area contributed by atoms with Crippen molar-refractivity contribution in [3.8, 4) is 0 Å². The van der Waals surface area contributed by atoms with Gasteiger partial charge in [0.1, 0.15) is 23.3 Å². The van der Waals surface area contributed by atoms with Crippen LogP contribution in [0, 0.1) is 5.92 Å². The highest BCUT2D eigenvalue weighted by molar-refractivity contribution is 5.92. The van der Waals surface area contributed by atoms with Crippen molar-refractivity contribution in [2.75, 3.05) is 13.7 Å². The van der Waals surface area contributed by atoms with Crippen LogP contribution in [0.5, 0.6) is 0 Å². The van der Waals surface area contributed by atoms with Gasteiger partial charge in [-0.1, -0.05) is 56.6 Å². The van der Waals surface area contributed by atoms with Gasteiger partial charge in [0.15, 0.2) is 6.10 Å². The molecule has 1 aromatic heterocycles. The molecule has 2 saturated carbocycles. The Morgan fingerprint density at radius 3 is 2.28 bits per heavy atom. The van der Waals surface area contributed by atoms with Crippen molar-refractivity contribution in [3.63, 3.8) is 0 Å². The normalized spacial score (nSPS) is 23.4.